The number of nitrogens with zero attached hydrogens (tertiary/aromatic N) is 2. The predicted octanol–water partition coefficient (Wildman–Crippen LogP) is 4.19. The van der Waals surface area contributed by atoms with E-state index in [1.165, 1.54) is 0 Å². The number of halogens is 2. The first-order valence-corrected chi connectivity index (χ1v) is 7.68. The summed E-state index contributed by atoms with van der Waals surface area (Å²) in [4.78, 5) is 18.5. The van der Waals surface area contributed by atoms with Gasteiger partial charge in [0.25, 0.3) is 5.91 Å². The van der Waals surface area contributed by atoms with Gasteiger partial charge in [-0.3, -0.25) is 9.78 Å². The lowest BCUT2D eigenvalue weighted by Gasteiger charge is -2.17. The molecule has 0 aliphatic rings. The number of aromatic nitrogens is 1. The number of aryl methyl sites for hydroxylation is 1. The predicted molar refractivity (Wildman–Crippen MR) is 86.6 cm³/mol. The van der Waals surface area contributed by atoms with Gasteiger partial charge in [0.15, 0.2) is 0 Å². The Balaban J connectivity index is 2.16. The van der Waals surface area contributed by atoms with E-state index in [1.54, 1.807) is 11.9 Å². The fourth-order valence-electron chi connectivity index (χ4n) is 1.90. The average molecular weight is 398 g/mol. The largest absolute Gasteiger partial charge is 0.336 e. The summed E-state index contributed by atoms with van der Waals surface area (Å²) in [6.07, 6.45) is 0. The lowest BCUT2D eigenvalue weighted by atomic mass is 10.2. The summed E-state index contributed by atoms with van der Waals surface area (Å²) in [6, 6.07) is 11.3. The van der Waals surface area contributed by atoms with Crippen LogP contribution in [0.1, 0.15) is 21.7 Å². The Kier molecular flexibility index (Phi) is 4.94. The average Bonchev–Trinajstić information content (AvgIpc) is 2.36. The van der Waals surface area contributed by atoms with Gasteiger partial charge in [0.05, 0.1) is 12.2 Å². The minimum absolute atomic E-state index is 0.0321. The molecule has 5 heteroatoms. The maximum absolute atomic E-state index is 12.4. The quantitative estimate of drug-likeness (QED) is 0.777. The van der Waals surface area contributed by atoms with Crippen LogP contribution in [0.4, 0.5) is 0 Å². The molecule has 1 amide bonds. The van der Waals surface area contributed by atoms with Gasteiger partial charge in [-0.1, -0.05) is 37.9 Å². The van der Waals surface area contributed by atoms with Gasteiger partial charge in [-0.15, -0.1) is 0 Å². The van der Waals surface area contributed by atoms with Crippen LogP contribution in [0.2, 0.25) is 0 Å². The number of pyridine rings is 1. The first-order valence-electron chi connectivity index (χ1n) is 6.10. The van der Waals surface area contributed by atoms with E-state index in [1.807, 2.05) is 43.3 Å². The van der Waals surface area contributed by atoms with Crippen LogP contribution in [0.15, 0.2) is 45.3 Å². The second-order valence-electron chi connectivity index (χ2n) is 4.59. The molecule has 1 heterocycles. The Morgan fingerprint density at radius 3 is 2.45 bits per heavy atom. The monoisotopic (exact) mass is 396 g/mol. The van der Waals surface area contributed by atoms with Crippen molar-refractivity contribution in [3.63, 3.8) is 0 Å². The molecule has 104 valence electrons. The summed E-state index contributed by atoms with van der Waals surface area (Å²) in [5.41, 5.74) is 2.48. The summed E-state index contributed by atoms with van der Waals surface area (Å²) in [5.74, 6) is -0.0321. The Bertz CT molecular complexity index is 623. The molecule has 0 spiro atoms. The van der Waals surface area contributed by atoms with Crippen LogP contribution >= 0.6 is 31.9 Å². The Hall–Kier alpha value is -1.20. The molecule has 20 heavy (non-hydrogen) atoms. The molecule has 0 aliphatic heterocycles. The third kappa shape index (κ3) is 3.90. The van der Waals surface area contributed by atoms with Crippen molar-refractivity contribution in [2.24, 2.45) is 0 Å². The Morgan fingerprint density at radius 2 is 1.85 bits per heavy atom. The zero-order valence-electron chi connectivity index (χ0n) is 11.2. The Labute approximate surface area is 135 Å². The summed E-state index contributed by atoms with van der Waals surface area (Å²) in [5, 5.41) is 0. The van der Waals surface area contributed by atoms with Crippen molar-refractivity contribution in [1.29, 1.82) is 0 Å². The molecule has 0 N–H and O–H groups in total. The molecule has 0 saturated carbocycles. The van der Waals surface area contributed by atoms with E-state index >= 15 is 0 Å². The lowest BCUT2D eigenvalue weighted by molar-refractivity contribution is 0.0783. The van der Waals surface area contributed by atoms with Crippen molar-refractivity contribution >= 4 is 37.8 Å². The smallest absolute Gasteiger partial charge is 0.254 e. The highest BCUT2D eigenvalue weighted by Gasteiger charge is 2.13. The molecule has 0 radical (unpaired) electrons. The van der Waals surface area contributed by atoms with Crippen molar-refractivity contribution in [1.82, 2.24) is 9.88 Å². The molecular weight excluding hydrogens is 384 g/mol. The highest BCUT2D eigenvalue weighted by molar-refractivity contribution is 9.11. The molecule has 2 aromatic rings. The number of carbonyl (C=O) groups excluding carboxylic acids is 1. The van der Waals surface area contributed by atoms with Gasteiger partial charge >= 0.3 is 0 Å². The number of hydrogen-bond donors (Lipinski definition) is 0. The van der Waals surface area contributed by atoms with E-state index < -0.39 is 0 Å². The molecule has 1 aromatic carbocycles. The highest BCUT2D eigenvalue weighted by Crippen LogP contribution is 2.21. The molecule has 0 bridgehead atoms. The van der Waals surface area contributed by atoms with E-state index in [4.69, 9.17) is 0 Å². The minimum atomic E-state index is -0.0321. The van der Waals surface area contributed by atoms with E-state index in [0.717, 1.165) is 20.3 Å². The zero-order chi connectivity index (χ0) is 14.7. The summed E-state index contributed by atoms with van der Waals surface area (Å²) >= 11 is 6.79. The fraction of sp³-hybridized carbons (Fsp3) is 0.200. The third-order valence-electron chi connectivity index (χ3n) is 2.80. The third-order valence-corrected chi connectivity index (χ3v) is 3.72. The molecule has 0 unspecified atom stereocenters. The first-order chi connectivity index (χ1) is 9.45. The van der Waals surface area contributed by atoms with Crippen LogP contribution in [0.25, 0.3) is 0 Å². The number of carbonyl (C=O) groups is 1. The normalized spacial score (nSPS) is 10.4. The van der Waals surface area contributed by atoms with Crippen LogP contribution in [0, 0.1) is 6.92 Å². The highest BCUT2D eigenvalue weighted by atomic mass is 79.9. The second-order valence-corrected chi connectivity index (χ2v) is 6.42. The second kappa shape index (κ2) is 6.50. The van der Waals surface area contributed by atoms with Crippen LogP contribution in [0.5, 0.6) is 0 Å². The van der Waals surface area contributed by atoms with Crippen LogP contribution in [0.3, 0.4) is 0 Å². The summed E-state index contributed by atoms with van der Waals surface area (Å²) in [7, 11) is 1.78. The van der Waals surface area contributed by atoms with Crippen molar-refractivity contribution < 1.29 is 4.79 Å². The van der Waals surface area contributed by atoms with Crippen LogP contribution in [-0.2, 0) is 6.54 Å². The minimum Gasteiger partial charge on any atom is -0.336 e. The lowest BCUT2D eigenvalue weighted by Crippen LogP contribution is -2.26. The van der Waals surface area contributed by atoms with Gasteiger partial charge in [-0.2, -0.15) is 0 Å². The first kappa shape index (κ1) is 15.2. The van der Waals surface area contributed by atoms with Crippen molar-refractivity contribution in [2.75, 3.05) is 7.05 Å². The maximum atomic E-state index is 12.4. The number of hydrogen-bond acceptors (Lipinski definition) is 2. The van der Waals surface area contributed by atoms with E-state index in [0.29, 0.717) is 12.1 Å². The molecule has 0 fully saturated rings. The summed E-state index contributed by atoms with van der Waals surface area (Å²) < 4.78 is 1.75. The van der Waals surface area contributed by atoms with Crippen LogP contribution in [-0.4, -0.2) is 22.8 Å². The van der Waals surface area contributed by atoms with Gasteiger partial charge in [-0.05, 0) is 37.3 Å². The summed E-state index contributed by atoms with van der Waals surface area (Å²) in [6.45, 7) is 2.43. The molecule has 0 saturated heterocycles. The number of amides is 1. The zero-order valence-corrected chi connectivity index (χ0v) is 14.4. The number of benzene rings is 1. The maximum Gasteiger partial charge on any atom is 0.254 e. The van der Waals surface area contributed by atoms with Crippen molar-refractivity contribution in [3.05, 3.63) is 62.3 Å². The van der Waals surface area contributed by atoms with E-state index in [-0.39, 0.29) is 5.91 Å². The molecule has 1 aromatic heterocycles. The van der Waals surface area contributed by atoms with Gasteiger partial charge < -0.3 is 4.90 Å². The topological polar surface area (TPSA) is 33.2 Å². The molecular formula is C15H14Br2N2O. The van der Waals surface area contributed by atoms with Gasteiger partial charge in [0.1, 0.15) is 0 Å². The molecule has 0 aliphatic carbocycles. The van der Waals surface area contributed by atoms with Gasteiger partial charge in [0.2, 0.25) is 0 Å². The number of rotatable bonds is 3. The molecule has 0 atom stereocenters. The van der Waals surface area contributed by atoms with E-state index in [2.05, 4.69) is 36.8 Å². The van der Waals surface area contributed by atoms with Crippen molar-refractivity contribution in [2.45, 2.75) is 13.5 Å². The van der Waals surface area contributed by atoms with Crippen LogP contribution < -0.4 is 0 Å². The fourth-order valence-corrected chi connectivity index (χ4v) is 3.19. The standard InChI is InChI=1S/C15H14Br2N2O/c1-10-4-3-5-14(18-10)9-19(2)15(20)11-6-12(16)8-13(17)7-11/h3-8H,9H2,1-2H3. The molecule has 2 rings (SSSR count). The Morgan fingerprint density at radius 1 is 1.20 bits per heavy atom. The van der Waals surface area contributed by atoms with Gasteiger partial charge in [-0.25, -0.2) is 0 Å². The molecule has 3 nitrogen and oxygen atoms in total. The SMILES string of the molecule is Cc1cccc(CN(C)C(=O)c2cc(Br)cc(Br)c2)n1. The van der Waals surface area contributed by atoms with Gasteiger partial charge in [0, 0.05) is 27.3 Å². The van der Waals surface area contributed by atoms with E-state index in [9.17, 15) is 4.79 Å². The van der Waals surface area contributed by atoms with Crippen molar-refractivity contribution in [3.8, 4) is 0 Å².